The third-order valence-electron chi connectivity index (χ3n) is 2.98. The van der Waals surface area contributed by atoms with Crippen molar-refractivity contribution >= 4 is 43.5 Å². The Kier molecular flexibility index (Phi) is 3.88. The molecule has 108 valence electrons. The molecule has 0 spiro atoms. The van der Waals surface area contributed by atoms with Crippen LogP contribution in [0.5, 0.6) is 0 Å². The number of sulfonamides is 1. The molecule has 0 bridgehead atoms. The number of fused-ring (bicyclic) bond motifs is 1. The molecule has 8 heteroatoms. The highest BCUT2D eigenvalue weighted by Crippen LogP contribution is 2.35. The first-order chi connectivity index (χ1) is 9.22. The number of carbonyl (C=O) groups is 2. The first-order valence-electron chi connectivity index (χ1n) is 5.86. The van der Waals surface area contributed by atoms with Crippen molar-refractivity contribution < 1.29 is 18.0 Å². The van der Waals surface area contributed by atoms with Gasteiger partial charge in [0.25, 0.3) is 10.0 Å². The van der Waals surface area contributed by atoms with Crippen LogP contribution in [-0.2, 0) is 26.0 Å². The van der Waals surface area contributed by atoms with Gasteiger partial charge in [0.05, 0.1) is 0 Å². The third-order valence-corrected chi connectivity index (χ3v) is 5.37. The van der Waals surface area contributed by atoms with Crippen LogP contribution in [0.3, 0.4) is 0 Å². The molecule has 0 saturated carbocycles. The molecule has 1 N–H and O–H groups in total. The van der Waals surface area contributed by atoms with Gasteiger partial charge in [-0.25, -0.2) is 13.1 Å². The number of hydrogen-bond acceptors (Lipinski definition) is 4. The molecule has 0 atom stereocenters. The lowest BCUT2D eigenvalue weighted by atomic mass is 10.2. The predicted octanol–water partition coefficient (Wildman–Crippen LogP) is 1.18. The molecule has 1 heterocycles. The van der Waals surface area contributed by atoms with Crippen molar-refractivity contribution in [2.75, 3.05) is 11.4 Å². The van der Waals surface area contributed by atoms with Crippen LogP contribution in [-0.4, -0.2) is 26.8 Å². The molecular formula is C12H13BrN2O4S. The number of anilines is 1. The summed E-state index contributed by atoms with van der Waals surface area (Å²) in [5.74, 6) is -0.810. The van der Waals surface area contributed by atoms with Crippen molar-refractivity contribution in [3.8, 4) is 0 Å². The SMILES string of the molecule is CC(=O)NS(=O)(=O)c1cc2c(cc1Br)CCN2C(C)=O. The summed E-state index contributed by atoms with van der Waals surface area (Å²) in [6.45, 7) is 3.08. The summed E-state index contributed by atoms with van der Waals surface area (Å²) in [7, 11) is -3.95. The van der Waals surface area contributed by atoms with Crippen LogP contribution in [0.1, 0.15) is 19.4 Å². The van der Waals surface area contributed by atoms with Crippen LogP contribution in [0.4, 0.5) is 5.69 Å². The fraction of sp³-hybridized carbons (Fsp3) is 0.333. The lowest BCUT2D eigenvalue weighted by Gasteiger charge is -2.16. The van der Waals surface area contributed by atoms with Crippen molar-refractivity contribution in [3.05, 3.63) is 22.2 Å². The maximum Gasteiger partial charge on any atom is 0.265 e. The number of amides is 2. The van der Waals surface area contributed by atoms with Crippen molar-refractivity contribution in [2.45, 2.75) is 25.2 Å². The molecule has 6 nitrogen and oxygen atoms in total. The highest BCUT2D eigenvalue weighted by atomic mass is 79.9. The summed E-state index contributed by atoms with van der Waals surface area (Å²) in [6, 6.07) is 3.09. The fourth-order valence-corrected chi connectivity index (χ4v) is 4.27. The smallest absolute Gasteiger partial charge is 0.265 e. The minimum atomic E-state index is -3.95. The van der Waals surface area contributed by atoms with Gasteiger partial charge in [0.1, 0.15) is 4.90 Å². The number of nitrogens with zero attached hydrogens (tertiary/aromatic N) is 1. The Bertz CT molecular complexity index is 700. The summed E-state index contributed by atoms with van der Waals surface area (Å²) in [5, 5.41) is 0. The first-order valence-corrected chi connectivity index (χ1v) is 8.14. The highest BCUT2D eigenvalue weighted by Gasteiger charge is 2.27. The van der Waals surface area contributed by atoms with Crippen molar-refractivity contribution in [3.63, 3.8) is 0 Å². The molecule has 20 heavy (non-hydrogen) atoms. The van der Waals surface area contributed by atoms with E-state index in [0.29, 0.717) is 23.1 Å². The lowest BCUT2D eigenvalue weighted by Crippen LogP contribution is -2.29. The van der Waals surface area contributed by atoms with E-state index in [2.05, 4.69) is 15.9 Å². The van der Waals surface area contributed by atoms with E-state index in [4.69, 9.17) is 0 Å². The zero-order chi connectivity index (χ0) is 15.1. The molecule has 0 aromatic heterocycles. The maximum absolute atomic E-state index is 12.1. The van der Waals surface area contributed by atoms with E-state index in [1.807, 2.05) is 4.72 Å². The van der Waals surface area contributed by atoms with Crippen LogP contribution < -0.4 is 9.62 Å². The van der Waals surface area contributed by atoms with Gasteiger partial charge in [-0.15, -0.1) is 0 Å². The Morgan fingerprint density at radius 1 is 1.30 bits per heavy atom. The largest absolute Gasteiger partial charge is 0.312 e. The molecule has 2 amide bonds. The second-order valence-electron chi connectivity index (χ2n) is 4.49. The second-order valence-corrected chi connectivity index (χ2v) is 7.00. The van der Waals surface area contributed by atoms with Crippen LogP contribution in [0, 0.1) is 0 Å². The average Bonchev–Trinajstić information content (AvgIpc) is 2.68. The Labute approximate surface area is 125 Å². The van der Waals surface area contributed by atoms with Gasteiger partial charge in [-0.1, -0.05) is 0 Å². The number of hydrogen-bond donors (Lipinski definition) is 1. The van der Waals surface area contributed by atoms with Gasteiger partial charge < -0.3 is 4.90 Å². The second kappa shape index (κ2) is 5.17. The Morgan fingerprint density at radius 2 is 1.95 bits per heavy atom. The van der Waals surface area contributed by atoms with Crippen LogP contribution in [0.15, 0.2) is 21.5 Å². The summed E-state index contributed by atoms with van der Waals surface area (Å²) >= 11 is 3.20. The number of carbonyl (C=O) groups excluding carboxylic acids is 2. The van der Waals surface area contributed by atoms with Gasteiger partial charge in [-0.2, -0.15) is 0 Å². The van der Waals surface area contributed by atoms with Gasteiger partial charge in [-0.3, -0.25) is 9.59 Å². The van der Waals surface area contributed by atoms with E-state index < -0.39 is 15.9 Å². The molecule has 0 radical (unpaired) electrons. The molecule has 0 fully saturated rings. The monoisotopic (exact) mass is 360 g/mol. The summed E-state index contributed by atoms with van der Waals surface area (Å²) in [5.41, 5.74) is 1.47. The zero-order valence-corrected chi connectivity index (χ0v) is 13.3. The molecule has 1 aromatic rings. The molecule has 2 rings (SSSR count). The van der Waals surface area contributed by atoms with Crippen molar-refractivity contribution in [1.82, 2.24) is 4.72 Å². The van der Waals surface area contributed by atoms with Gasteiger partial charge in [0, 0.05) is 30.6 Å². The van der Waals surface area contributed by atoms with E-state index in [-0.39, 0.29) is 10.8 Å². The van der Waals surface area contributed by atoms with Gasteiger partial charge in [-0.05, 0) is 40.0 Å². The molecule has 1 aliphatic rings. The van der Waals surface area contributed by atoms with Crippen molar-refractivity contribution in [2.24, 2.45) is 0 Å². The minimum absolute atomic E-state index is 0.0559. The fourth-order valence-electron chi connectivity index (χ4n) is 2.17. The Balaban J connectivity index is 2.55. The van der Waals surface area contributed by atoms with Gasteiger partial charge in [0.15, 0.2) is 0 Å². The molecule has 0 aliphatic carbocycles. The van der Waals surface area contributed by atoms with E-state index in [0.717, 1.165) is 12.5 Å². The van der Waals surface area contributed by atoms with E-state index in [1.165, 1.54) is 17.9 Å². The minimum Gasteiger partial charge on any atom is -0.312 e. The molecule has 1 aliphatic heterocycles. The number of benzene rings is 1. The maximum atomic E-state index is 12.1. The highest BCUT2D eigenvalue weighted by molar-refractivity contribution is 9.10. The lowest BCUT2D eigenvalue weighted by molar-refractivity contribution is -0.117. The third kappa shape index (κ3) is 2.71. The molecular weight excluding hydrogens is 348 g/mol. The standard InChI is InChI=1S/C12H13BrN2O4S/c1-7(16)14-20(18,19)12-6-11-9(5-10(12)13)3-4-15(11)8(2)17/h5-6H,3-4H2,1-2H3,(H,14,16). The van der Waals surface area contributed by atoms with Crippen LogP contribution >= 0.6 is 15.9 Å². The number of nitrogens with one attached hydrogen (secondary N) is 1. The molecule has 1 aromatic carbocycles. The van der Waals surface area contributed by atoms with Crippen LogP contribution in [0.2, 0.25) is 0 Å². The van der Waals surface area contributed by atoms with E-state index in [1.54, 1.807) is 6.07 Å². The molecule has 0 unspecified atom stereocenters. The van der Waals surface area contributed by atoms with Gasteiger partial charge >= 0.3 is 0 Å². The Hall–Kier alpha value is -1.41. The molecule has 0 saturated heterocycles. The van der Waals surface area contributed by atoms with Gasteiger partial charge in [0.2, 0.25) is 11.8 Å². The summed E-state index contributed by atoms with van der Waals surface area (Å²) < 4.78 is 26.4. The topological polar surface area (TPSA) is 83.6 Å². The normalized spacial score (nSPS) is 14.1. The van der Waals surface area contributed by atoms with E-state index >= 15 is 0 Å². The van der Waals surface area contributed by atoms with Crippen LogP contribution in [0.25, 0.3) is 0 Å². The van der Waals surface area contributed by atoms with E-state index in [9.17, 15) is 18.0 Å². The summed E-state index contributed by atoms with van der Waals surface area (Å²) in [4.78, 5) is 24.0. The quantitative estimate of drug-likeness (QED) is 0.858. The van der Waals surface area contributed by atoms with Crippen molar-refractivity contribution in [1.29, 1.82) is 0 Å². The Morgan fingerprint density at radius 3 is 2.50 bits per heavy atom. The predicted molar refractivity (Wildman–Crippen MR) is 76.9 cm³/mol. The first kappa shape index (κ1) is 15.0. The summed E-state index contributed by atoms with van der Waals surface area (Å²) in [6.07, 6.45) is 0.675. The average molecular weight is 361 g/mol. The number of halogens is 1. The zero-order valence-electron chi connectivity index (χ0n) is 10.9. The number of rotatable bonds is 2.